The summed E-state index contributed by atoms with van der Waals surface area (Å²) in [6.45, 7) is 1.66. The van der Waals surface area contributed by atoms with Crippen LogP contribution in [0.5, 0.6) is 0 Å². The zero-order chi connectivity index (χ0) is 14.2. The standard InChI is InChI=1S/C18H19FO/c1-18(20,16-10-2-3-11-17(16)19)15-9-5-8-14(12-15)13-6-4-7-13/h2-3,5,8-13,20H,4,6-7H2,1H3. The lowest BCUT2D eigenvalue weighted by atomic mass is 9.78. The summed E-state index contributed by atoms with van der Waals surface area (Å²) in [4.78, 5) is 0. The van der Waals surface area contributed by atoms with Crippen molar-refractivity contribution < 1.29 is 9.50 Å². The van der Waals surface area contributed by atoms with E-state index in [9.17, 15) is 9.50 Å². The summed E-state index contributed by atoms with van der Waals surface area (Å²) < 4.78 is 13.9. The molecule has 2 heteroatoms. The predicted molar refractivity (Wildman–Crippen MR) is 78.1 cm³/mol. The van der Waals surface area contributed by atoms with Gasteiger partial charge >= 0.3 is 0 Å². The van der Waals surface area contributed by atoms with Crippen molar-refractivity contribution in [1.29, 1.82) is 0 Å². The largest absolute Gasteiger partial charge is 0.381 e. The normalized spacial score (nSPS) is 18.4. The third-order valence-electron chi connectivity index (χ3n) is 4.42. The van der Waals surface area contributed by atoms with E-state index in [0.29, 0.717) is 11.5 Å². The topological polar surface area (TPSA) is 20.2 Å². The molecule has 0 radical (unpaired) electrons. The molecule has 0 amide bonds. The molecule has 0 heterocycles. The van der Waals surface area contributed by atoms with Gasteiger partial charge in [0.05, 0.1) is 0 Å². The van der Waals surface area contributed by atoms with Gasteiger partial charge in [-0.1, -0.05) is 48.9 Å². The molecule has 3 rings (SSSR count). The van der Waals surface area contributed by atoms with Crippen LogP contribution in [0.15, 0.2) is 48.5 Å². The van der Waals surface area contributed by atoms with E-state index in [1.807, 2.05) is 18.2 Å². The van der Waals surface area contributed by atoms with Crippen molar-refractivity contribution in [1.82, 2.24) is 0 Å². The summed E-state index contributed by atoms with van der Waals surface area (Å²) in [6.07, 6.45) is 3.70. The predicted octanol–water partition coefficient (Wildman–Crippen LogP) is 4.35. The van der Waals surface area contributed by atoms with Crippen molar-refractivity contribution in [2.75, 3.05) is 0 Å². The van der Waals surface area contributed by atoms with Gasteiger partial charge in [-0.15, -0.1) is 0 Å². The third kappa shape index (κ3) is 2.25. The third-order valence-corrected chi connectivity index (χ3v) is 4.42. The van der Waals surface area contributed by atoms with Crippen molar-refractivity contribution in [3.8, 4) is 0 Å². The first-order valence-corrected chi connectivity index (χ1v) is 7.17. The molecule has 104 valence electrons. The monoisotopic (exact) mass is 270 g/mol. The Kier molecular flexibility index (Phi) is 3.35. The molecule has 0 aromatic heterocycles. The second kappa shape index (κ2) is 5.02. The Bertz CT molecular complexity index is 614. The van der Waals surface area contributed by atoms with Gasteiger partial charge in [-0.3, -0.25) is 0 Å². The minimum atomic E-state index is -1.30. The van der Waals surface area contributed by atoms with Gasteiger partial charge in [-0.25, -0.2) is 4.39 Å². The smallest absolute Gasteiger partial charge is 0.129 e. The van der Waals surface area contributed by atoms with Crippen LogP contribution in [-0.4, -0.2) is 5.11 Å². The summed E-state index contributed by atoms with van der Waals surface area (Å²) in [5.74, 6) is 0.234. The van der Waals surface area contributed by atoms with Crippen LogP contribution >= 0.6 is 0 Å². The Morgan fingerprint density at radius 3 is 2.50 bits per heavy atom. The summed E-state index contributed by atoms with van der Waals surface area (Å²) >= 11 is 0. The Balaban J connectivity index is 2.00. The first kappa shape index (κ1) is 13.3. The molecule has 1 N–H and O–H groups in total. The fourth-order valence-electron chi connectivity index (χ4n) is 2.85. The van der Waals surface area contributed by atoms with E-state index < -0.39 is 5.60 Å². The van der Waals surface area contributed by atoms with Crippen LogP contribution in [-0.2, 0) is 5.60 Å². The Labute approximate surface area is 119 Å². The van der Waals surface area contributed by atoms with Crippen molar-refractivity contribution in [2.45, 2.75) is 37.7 Å². The SMILES string of the molecule is CC(O)(c1cccc(C2CCC2)c1)c1ccccc1F. The first-order chi connectivity index (χ1) is 9.59. The second-order valence-electron chi connectivity index (χ2n) is 5.81. The molecule has 1 fully saturated rings. The second-order valence-corrected chi connectivity index (χ2v) is 5.81. The zero-order valence-electron chi connectivity index (χ0n) is 11.6. The van der Waals surface area contributed by atoms with E-state index >= 15 is 0 Å². The maximum Gasteiger partial charge on any atom is 0.129 e. The number of hydrogen-bond donors (Lipinski definition) is 1. The van der Waals surface area contributed by atoms with E-state index in [4.69, 9.17) is 0 Å². The van der Waals surface area contributed by atoms with E-state index in [1.54, 1.807) is 25.1 Å². The number of halogens is 1. The van der Waals surface area contributed by atoms with Crippen molar-refractivity contribution >= 4 is 0 Å². The molecule has 0 aliphatic heterocycles. The van der Waals surface area contributed by atoms with Gasteiger partial charge in [0.2, 0.25) is 0 Å². The molecule has 0 bridgehead atoms. The van der Waals surface area contributed by atoms with Gasteiger partial charge in [0.1, 0.15) is 11.4 Å². The number of hydrogen-bond acceptors (Lipinski definition) is 1. The van der Waals surface area contributed by atoms with Crippen LogP contribution in [0.1, 0.15) is 48.8 Å². The summed E-state index contributed by atoms with van der Waals surface area (Å²) in [5.41, 5.74) is 1.04. The maximum absolute atomic E-state index is 13.9. The lowest BCUT2D eigenvalue weighted by Gasteiger charge is -2.29. The molecule has 0 spiro atoms. The summed E-state index contributed by atoms with van der Waals surface area (Å²) in [5, 5.41) is 10.8. The molecule has 1 unspecified atom stereocenters. The molecule has 2 aromatic carbocycles. The van der Waals surface area contributed by atoms with Crippen LogP contribution < -0.4 is 0 Å². The highest BCUT2D eigenvalue weighted by molar-refractivity contribution is 5.39. The zero-order valence-corrected chi connectivity index (χ0v) is 11.6. The average molecular weight is 270 g/mol. The van der Waals surface area contributed by atoms with Gasteiger partial charge < -0.3 is 5.11 Å². The highest BCUT2D eigenvalue weighted by Gasteiger charge is 2.29. The molecule has 0 saturated heterocycles. The molecular formula is C18H19FO. The lowest BCUT2D eigenvalue weighted by molar-refractivity contribution is 0.0978. The van der Waals surface area contributed by atoms with Crippen LogP contribution in [0.4, 0.5) is 4.39 Å². The van der Waals surface area contributed by atoms with Gasteiger partial charge in [0.25, 0.3) is 0 Å². The van der Waals surface area contributed by atoms with Crippen LogP contribution in [0.25, 0.3) is 0 Å². The number of rotatable bonds is 3. The van der Waals surface area contributed by atoms with E-state index in [2.05, 4.69) is 6.07 Å². The Morgan fingerprint density at radius 2 is 1.85 bits per heavy atom. The molecule has 1 atom stereocenters. The fourth-order valence-corrected chi connectivity index (χ4v) is 2.85. The van der Waals surface area contributed by atoms with Crippen LogP contribution in [0.3, 0.4) is 0 Å². The Morgan fingerprint density at radius 1 is 1.10 bits per heavy atom. The lowest BCUT2D eigenvalue weighted by Crippen LogP contribution is -2.24. The first-order valence-electron chi connectivity index (χ1n) is 7.17. The maximum atomic E-state index is 13.9. The van der Waals surface area contributed by atoms with Crippen LogP contribution in [0, 0.1) is 5.82 Å². The van der Waals surface area contributed by atoms with Crippen LogP contribution in [0.2, 0.25) is 0 Å². The molecular weight excluding hydrogens is 251 g/mol. The van der Waals surface area contributed by atoms with Crippen molar-refractivity contribution in [2.24, 2.45) is 0 Å². The van der Waals surface area contributed by atoms with Gasteiger partial charge in [-0.2, -0.15) is 0 Å². The Hall–Kier alpha value is -1.67. The highest BCUT2D eigenvalue weighted by atomic mass is 19.1. The molecule has 1 saturated carbocycles. The number of aliphatic hydroxyl groups is 1. The summed E-state index contributed by atoms with van der Waals surface area (Å²) in [6, 6.07) is 14.4. The average Bonchev–Trinajstić information content (AvgIpc) is 2.37. The van der Waals surface area contributed by atoms with Gasteiger partial charge in [0.15, 0.2) is 0 Å². The molecule has 20 heavy (non-hydrogen) atoms. The van der Waals surface area contributed by atoms with Gasteiger partial charge in [0, 0.05) is 5.56 Å². The van der Waals surface area contributed by atoms with E-state index in [0.717, 1.165) is 5.56 Å². The minimum Gasteiger partial charge on any atom is -0.381 e. The van der Waals surface area contributed by atoms with E-state index in [-0.39, 0.29) is 5.82 Å². The minimum absolute atomic E-state index is 0.325. The van der Waals surface area contributed by atoms with Gasteiger partial charge in [-0.05, 0) is 42.9 Å². The highest BCUT2D eigenvalue weighted by Crippen LogP contribution is 2.38. The van der Waals surface area contributed by atoms with Crippen molar-refractivity contribution in [3.05, 3.63) is 71.0 Å². The summed E-state index contributed by atoms with van der Waals surface area (Å²) in [7, 11) is 0. The quantitative estimate of drug-likeness (QED) is 0.879. The van der Waals surface area contributed by atoms with E-state index in [1.165, 1.54) is 30.9 Å². The fraction of sp³-hybridized carbons (Fsp3) is 0.333. The number of benzene rings is 2. The van der Waals surface area contributed by atoms with Crippen molar-refractivity contribution in [3.63, 3.8) is 0 Å². The molecule has 1 aliphatic carbocycles. The molecule has 1 nitrogen and oxygen atoms in total. The molecule has 2 aromatic rings. The molecule has 1 aliphatic rings.